The van der Waals surface area contributed by atoms with Crippen molar-refractivity contribution < 1.29 is 63.0 Å². The zero-order chi connectivity index (χ0) is 65.9. The van der Waals surface area contributed by atoms with Gasteiger partial charge in [0.1, 0.15) is 54.1 Å². The van der Waals surface area contributed by atoms with Gasteiger partial charge in [0, 0.05) is 55.7 Å². The van der Waals surface area contributed by atoms with Crippen molar-refractivity contribution in [3.05, 3.63) is 102 Å². The molecular weight excluding hydrogens is 1200 g/mol. The summed E-state index contributed by atoms with van der Waals surface area (Å²) in [6.45, 7) is 0.492. The molecule has 0 saturated carbocycles. The van der Waals surface area contributed by atoms with Crippen LogP contribution in [0.3, 0.4) is 0 Å². The number of hydrogen-bond acceptors (Lipinski definition) is 17. The zero-order valence-electron chi connectivity index (χ0n) is 50.0. The lowest BCUT2D eigenvalue weighted by Gasteiger charge is -2.33. The number of phenols is 1. The molecule has 11 amide bonds. The fourth-order valence-corrected chi connectivity index (χ4v) is 10.7. The maximum atomic E-state index is 15.0. The Morgan fingerprint density at radius 3 is 1.94 bits per heavy atom. The summed E-state index contributed by atoms with van der Waals surface area (Å²) in [5, 5.41) is 45.2. The van der Waals surface area contributed by atoms with Crippen LogP contribution < -0.4 is 70.8 Å². The van der Waals surface area contributed by atoms with Gasteiger partial charge in [-0.25, -0.2) is 0 Å². The Hall–Kier alpha value is -8.94. The smallest absolute Gasteiger partial charge is 0.245 e. The van der Waals surface area contributed by atoms with E-state index in [1.165, 1.54) is 38.2 Å². The van der Waals surface area contributed by atoms with Gasteiger partial charge in [0.25, 0.3) is 0 Å². The van der Waals surface area contributed by atoms with Crippen molar-refractivity contribution in [2.24, 2.45) is 27.9 Å². The number of likely N-dealkylation sites (N-methyl/N-ethyl adjacent to an activating group) is 1. The highest BCUT2D eigenvalue weighted by Gasteiger charge is 2.39. The largest absolute Gasteiger partial charge is 0.508 e. The van der Waals surface area contributed by atoms with Crippen molar-refractivity contribution in [3.63, 3.8) is 0 Å². The molecule has 20 N–H and O–H groups in total. The Morgan fingerprint density at radius 2 is 1.28 bits per heavy atom. The number of benzene rings is 3. The number of carbonyl (C=O) groups is 11. The molecule has 1 aliphatic rings. The predicted octanol–water partition coefficient (Wildman–Crippen LogP) is -3.53. The number of unbranched alkanes of at least 4 members (excludes halogenated alkanes) is 1. The van der Waals surface area contributed by atoms with E-state index in [1.807, 2.05) is 18.2 Å². The molecule has 31 heteroatoms. The number of para-hydroxylation sites is 1. The van der Waals surface area contributed by atoms with Crippen LogP contribution in [0.5, 0.6) is 5.75 Å². The van der Waals surface area contributed by atoms with Crippen LogP contribution in [-0.4, -0.2) is 196 Å². The molecule has 2 heterocycles. The molecule has 0 bridgehead atoms. The van der Waals surface area contributed by atoms with E-state index in [0.29, 0.717) is 36.0 Å². The molecule has 1 aromatic heterocycles. The van der Waals surface area contributed by atoms with Gasteiger partial charge in [-0.05, 0) is 92.6 Å². The summed E-state index contributed by atoms with van der Waals surface area (Å²) in [4.78, 5) is 160. The first-order valence-corrected chi connectivity index (χ1v) is 31.0. The Bertz CT molecular complexity index is 3150. The molecule has 90 heavy (non-hydrogen) atoms. The highest BCUT2D eigenvalue weighted by Crippen LogP contribution is 2.21. The summed E-state index contributed by atoms with van der Waals surface area (Å²) in [5.74, 6) is -9.69. The van der Waals surface area contributed by atoms with E-state index in [1.54, 1.807) is 42.6 Å². The lowest BCUT2D eigenvalue weighted by atomic mass is 10.00. The minimum absolute atomic E-state index is 0.00643. The molecule has 0 radical (unpaired) electrons. The number of nitrogens with one attached hydrogen (secondary N) is 10. The van der Waals surface area contributed by atoms with E-state index in [0.717, 1.165) is 27.6 Å². The number of carbonyl (C=O) groups excluding carboxylic acids is 11. The lowest BCUT2D eigenvalue weighted by Crippen LogP contribution is -2.63. The first kappa shape index (κ1) is 71.8. The zero-order valence-corrected chi connectivity index (χ0v) is 51.7. The average Bonchev–Trinajstić information content (AvgIpc) is 2.63. The van der Waals surface area contributed by atoms with E-state index < -0.39 is 133 Å². The number of hydrogen-bond donors (Lipinski definition) is 17. The SMILES string of the molecule is C[C@@H](O)[C@@H]1NC(=O)[C@H](CCCCN)NC(=O)[C@@H](Cc2c[nH]c3ccccc23)NC(=O)[C@H](Cc2ccc(O)cc2)NC(=O)[C@H](CCSCC(=O)NCC(=O)NCC(=O)N[C@@H](CS)C(=O)N[C@@H](CCCN=C(N)N)C(N)=O)N(C)C(=O)[C@H](Cc2ccccc2)NC1=O. The third-order valence-corrected chi connectivity index (χ3v) is 15.9. The fourth-order valence-electron chi connectivity index (χ4n) is 9.58. The van der Waals surface area contributed by atoms with Gasteiger partial charge in [0.2, 0.25) is 65.0 Å². The van der Waals surface area contributed by atoms with E-state index in [2.05, 4.69) is 70.5 Å². The molecule has 488 valence electrons. The summed E-state index contributed by atoms with van der Waals surface area (Å²) < 4.78 is 0. The number of aliphatic imine (C=N–C) groups is 1. The van der Waals surface area contributed by atoms with E-state index >= 15 is 9.59 Å². The Morgan fingerprint density at radius 1 is 0.678 bits per heavy atom. The Kier molecular flexibility index (Phi) is 29.1. The number of aliphatic hydroxyl groups excluding tert-OH is 1. The fraction of sp³-hybridized carbons (Fsp3) is 0.458. The first-order chi connectivity index (χ1) is 43.0. The summed E-state index contributed by atoms with van der Waals surface area (Å²) in [6.07, 6.45) is 0.685. The molecule has 0 spiro atoms. The van der Waals surface area contributed by atoms with Gasteiger partial charge in [-0.3, -0.25) is 57.7 Å². The van der Waals surface area contributed by atoms with Crippen molar-refractivity contribution in [3.8, 4) is 5.75 Å². The number of amides is 11. The first-order valence-electron chi connectivity index (χ1n) is 29.2. The highest BCUT2D eigenvalue weighted by atomic mass is 32.2. The lowest BCUT2D eigenvalue weighted by molar-refractivity contribution is -0.143. The number of aliphatic hydroxyl groups is 1. The van der Waals surface area contributed by atoms with Crippen LogP contribution >= 0.6 is 24.4 Å². The standard InChI is InChI=1S/C59H82N16O13S2/c1-33(76)50-57(87)73-44(26-34-11-4-3-5-12-34)58(88)75(2)46(21-24-90-32-49(80)67-29-47(78)66-30-48(79)68-45(31-89)55(85)69-40(51(61)81)16-10-23-64-59(62)63)56(86)72-42(25-35-17-19-37(77)20-18-35)53(83)71-43(27-36-28-65-39-14-7-6-13-38(36)39)54(84)70-41(52(82)74-50)15-8-9-22-60/h3-7,11-14,17-20,28,33,40-46,50,65,76-77,89H,8-10,15-16,21-27,29-32,60H2,1-2H3,(H2,61,81)(H,66,78)(H,67,80)(H,68,79)(H,69,85)(H,70,84)(H,71,83)(H,72,86)(H,73,87)(H,74,82)(H4,62,63,64)/t33-,40+,41+,42+,43-,44+,45+,46+,50+/m1/s1. The number of aromatic nitrogens is 1. The quantitative estimate of drug-likeness (QED) is 0.0108. The number of guanidine groups is 1. The predicted molar refractivity (Wildman–Crippen MR) is 340 cm³/mol. The number of rotatable bonds is 29. The second kappa shape index (κ2) is 36.5. The number of phenolic OH excluding ortho intramolecular Hbond substituents is 1. The van der Waals surface area contributed by atoms with Gasteiger partial charge in [-0.15, -0.1) is 0 Å². The van der Waals surface area contributed by atoms with Crippen LogP contribution in [0.15, 0.2) is 90.1 Å². The molecule has 1 saturated heterocycles. The number of aromatic amines is 1. The maximum absolute atomic E-state index is 15.0. The number of fused-ring (bicyclic) bond motifs is 1. The average molecular weight is 1290 g/mol. The third-order valence-electron chi connectivity index (χ3n) is 14.5. The molecule has 0 aliphatic carbocycles. The van der Waals surface area contributed by atoms with Crippen LogP contribution in [0.1, 0.15) is 62.1 Å². The normalized spacial score (nSPS) is 19.6. The van der Waals surface area contributed by atoms with Gasteiger partial charge >= 0.3 is 0 Å². The molecule has 1 fully saturated rings. The number of thioether (sulfide) groups is 1. The van der Waals surface area contributed by atoms with Gasteiger partial charge in [-0.1, -0.05) is 60.7 Å². The van der Waals surface area contributed by atoms with Crippen LogP contribution in [0.2, 0.25) is 0 Å². The summed E-state index contributed by atoms with van der Waals surface area (Å²) in [5.41, 5.74) is 24.3. The van der Waals surface area contributed by atoms with E-state index in [4.69, 9.17) is 22.9 Å². The van der Waals surface area contributed by atoms with Crippen molar-refractivity contribution in [1.82, 2.24) is 57.7 Å². The third kappa shape index (κ3) is 23.2. The molecule has 3 aromatic carbocycles. The second-order valence-electron chi connectivity index (χ2n) is 21.5. The monoisotopic (exact) mass is 1290 g/mol. The molecule has 4 aromatic rings. The molecular formula is C59H82N16O13S2. The highest BCUT2D eigenvalue weighted by molar-refractivity contribution is 7.99. The summed E-state index contributed by atoms with van der Waals surface area (Å²) >= 11 is 5.13. The minimum atomic E-state index is -1.68. The van der Waals surface area contributed by atoms with Crippen molar-refractivity contribution in [1.29, 1.82) is 0 Å². The second-order valence-corrected chi connectivity index (χ2v) is 22.9. The van der Waals surface area contributed by atoms with Crippen LogP contribution in [0, 0.1) is 0 Å². The number of aromatic hydroxyl groups is 1. The maximum Gasteiger partial charge on any atom is 0.245 e. The summed E-state index contributed by atoms with van der Waals surface area (Å²) in [6, 6.07) is 10.5. The molecule has 5 rings (SSSR count). The Labute approximate surface area is 529 Å². The number of thiol groups is 1. The van der Waals surface area contributed by atoms with Crippen LogP contribution in [-0.2, 0) is 72.0 Å². The van der Waals surface area contributed by atoms with Crippen LogP contribution in [0.4, 0.5) is 0 Å². The number of H-pyrrole nitrogens is 1. The van der Waals surface area contributed by atoms with Crippen molar-refractivity contribution in [2.75, 3.05) is 50.5 Å². The number of nitrogens with two attached hydrogens (primary N) is 4. The van der Waals surface area contributed by atoms with Gasteiger partial charge < -0.3 is 90.9 Å². The van der Waals surface area contributed by atoms with Gasteiger partial charge in [-0.2, -0.15) is 24.4 Å². The molecule has 9 atom stereocenters. The van der Waals surface area contributed by atoms with Crippen molar-refractivity contribution >= 4 is 106 Å². The van der Waals surface area contributed by atoms with Crippen LogP contribution in [0.25, 0.3) is 10.9 Å². The molecule has 1 aliphatic heterocycles. The minimum Gasteiger partial charge on any atom is -0.508 e. The number of primary amides is 1. The topological polar surface area (TPSA) is 472 Å². The summed E-state index contributed by atoms with van der Waals surface area (Å²) in [7, 11) is 1.31. The van der Waals surface area contributed by atoms with Gasteiger partial charge in [0.15, 0.2) is 5.96 Å². The number of nitrogens with zero attached hydrogens (tertiary/aromatic N) is 2. The van der Waals surface area contributed by atoms with Crippen molar-refractivity contribution in [2.45, 2.75) is 119 Å². The van der Waals surface area contributed by atoms with E-state index in [-0.39, 0.29) is 80.6 Å². The molecule has 0 unspecified atom stereocenters. The Balaban J connectivity index is 1.38. The molecule has 29 nitrogen and oxygen atoms in total. The van der Waals surface area contributed by atoms with E-state index in [9.17, 15) is 53.4 Å². The van der Waals surface area contributed by atoms with Gasteiger partial charge in [0.05, 0.1) is 24.9 Å².